The van der Waals surface area contributed by atoms with Crippen molar-refractivity contribution in [1.82, 2.24) is 10.4 Å². The van der Waals surface area contributed by atoms with Gasteiger partial charge in [-0.3, -0.25) is 10.8 Å². The minimum Gasteiger partial charge on any atom is -0.495 e. The van der Waals surface area contributed by atoms with Crippen LogP contribution < -0.4 is 16.0 Å². The second-order valence-electron chi connectivity index (χ2n) is 4.60. The van der Waals surface area contributed by atoms with Crippen LogP contribution in [0.1, 0.15) is 17.2 Å². The summed E-state index contributed by atoms with van der Waals surface area (Å²) in [5, 5.41) is 0. The molecule has 0 radical (unpaired) electrons. The molecule has 21 heavy (non-hydrogen) atoms. The van der Waals surface area contributed by atoms with Gasteiger partial charge in [0.25, 0.3) is 0 Å². The largest absolute Gasteiger partial charge is 0.495 e. The van der Waals surface area contributed by atoms with Crippen molar-refractivity contribution in [2.75, 3.05) is 13.4 Å². The number of pyridine rings is 1. The van der Waals surface area contributed by atoms with E-state index in [-0.39, 0.29) is 10.9 Å². The predicted molar refractivity (Wildman–Crippen MR) is 79.5 cm³/mol. The fraction of sp³-hybridized carbons (Fsp3) is 0.214. The summed E-state index contributed by atoms with van der Waals surface area (Å²) in [4.78, 5) is 4.36. The first-order valence-corrected chi connectivity index (χ1v) is 8.10. The lowest BCUT2D eigenvalue weighted by atomic mass is 10.0. The van der Waals surface area contributed by atoms with Crippen molar-refractivity contribution in [2.45, 2.75) is 10.9 Å². The number of sulfone groups is 1. The number of methoxy groups -OCH3 is 1. The van der Waals surface area contributed by atoms with E-state index in [1.54, 1.807) is 43.8 Å². The zero-order chi connectivity index (χ0) is 15.5. The Kier molecular flexibility index (Phi) is 4.56. The highest BCUT2D eigenvalue weighted by molar-refractivity contribution is 7.90. The van der Waals surface area contributed by atoms with Crippen LogP contribution in [0.25, 0.3) is 0 Å². The molecule has 0 fully saturated rings. The van der Waals surface area contributed by atoms with Gasteiger partial charge in [0.15, 0.2) is 9.84 Å². The Hall–Kier alpha value is -1.96. The van der Waals surface area contributed by atoms with Gasteiger partial charge in [-0.15, -0.1) is 0 Å². The molecule has 1 unspecified atom stereocenters. The number of aromatic nitrogens is 1. The van der Waals surface area contributed by atoms with Crippen LogP contribution in [0.4, 0.5) is 0 Å². The lowest BCUT2D eigenvalue weighted by Gasteiger charge is -2.17. The lowest BCUT2D eigenvalue weighted by molar-refractivity contribution is 0.411. The molecule has 2 rings (SSSR count). The summed E-state index contributed by atoms with van der Waals surface area (Å²) in [6.07, 6.45) is 4.45. The smallest absolute Gasteiger partial charge is 0.175 e. The molecule has 3 N–H and O–H groups in total. The maximum Gasteiger partial charge on any atom is 0.175 e. The van der Waals surface area contributed by atoms with Gasteiger partial charge in [0.05, 0.1) is 24.2 Å². The summed E-state index contributed by atoms with van der Waals surface area (Å²) in [5.74, 6) is 6.24. The molecule has 0 amide bonds. The second kappa shape index (κ2) is 6.21. The van der Waals surface area contributed by atoms with Crippen LogP contribution in [0.2, 0.25) is 0 Å². The van der Waals surface area contributed by atoms with Gasteiger partial charge < -0.3 is 4.74 Å². The first kappa shape index (κ1) is 15.4. The van der Waals surface area contributed by atoms with E-state index in [0.717, 1.165) is 11.1 Å². The topological polar surface area (TPSA) is 94.3 Å². The number of nitrogens with zero attached hydrogens (tertiary/aromatic N) is 1. The Bertz CT molecular complexity index is 714. The van der Waals surface area contributed by atoms with Gasteiger partial charge in [0.2, 0.25) is 0 Å². The fourth-order valence-electron chi connectivity index (χ4n) is 2.00. The van der Waals surface area contributed by atoms with E-state index >= 15 is 0 Å². The molecule has 7 heteroatoms. The molecule has 112 valence electrons. The van der Waals surface area contributed by atoms with E-state index in [0.29, 0.717) is 5.75 Å². The Labute approximate surface area is 123 Å². The van der Waals surface area contributed by atoms with Crippen molar-refractivity contribution in [2.24, 2.45) is 5.84 Å². The molecular weight excluding hydrogens is 290 g/mol. The van der Waals surface area contributed by atoms with E-state index in [9.17, 15) is 8.42 Å². The molecule has 0 saturated heterocycles. The Balaban J connectivity index is 2.37. The summed E-state index contributed by atoms with van der Waals surface area (Å²) in [7, 11) is -1.65. The Morgan fingerprint density at radius 1 is 1.19 bits per heavy atom. The average molecular weight is 307 g/mol. The molecule has 0 saturated carbocycles. The summed E-state index contributed by atoms with van der Waals surface area (Å²) < 4.78 is 28.1. The Morgan fingerprint density at radius 3 is 2.38 bits per heavy atom. The maximum atomic E-state index is 11.5. The van der Waals surface area contributed by atoms with Gasteiger partial charge in [-0.05, 0) is 29.3 Å². The molecule has 0 spiro atoms. The van der Waals surface area contributed by atoms with Crippen molar-refractivity contribution >= 4 is 9.84 Å². The van der Waals surface area contributed by atoms with E-state index in [4.69, 9.17) is 10.6 Å². The maximum absolute atomic E-state index is 11.5. The van der Waals surface area contributed by atoms with Crippen molar-refractivity contribution < 1.29 is 13.2 Å². The van der Waals surface area contributed by atoms with Crippen molar-refractivity contribution in [1.29, 1.82) is 0 Å². The number of hydrazine groups is 1. The number of benzene rings is 1. The molecule has 1 heterocycles. The third-order valence-corrected chi connectivity index (χ3v) is 4.24. The zero-order valence-electron chi connectivity index (χ0n) is 11.8. The summed E-state index contributed by atoms with van der Waals surface area (Å²) in [6.45, 7) is 0. The molecular formula is C14H17N3O3S. The summed E-state index contributed by atoms with van der Waals surface area (Å²) >= 11 is 0. The minimum absolute atomic E-state index is 0.269. The van der Waals surface area contributed by atoms with Crippen LogP contribution >= 0.6 is 0 Å². The lowest BCUT2D eigenvalue weighted by Crippen LogP contribution is -2.29. The molecule has 0 aliphatic rings. The number of hydrogen-bond acceptors (Lipinski definition) is 6. The standard InChI is InChI=1S/C14H17N3O3S/c1-20-12-7-11(8-16-9-12)14(17-15)10-3-5-13(6-4-10)21(2,18)19/h3-9,14,17H,15H2,1-2H3. The molecule has 6 nitrogen and oxygen atoms in total. The van der Waals surface area contributed by atoms with Gasteiger partial charge in [-0.1, -0.05) is 12.1 Å². The van der Waals surface area contributed by atoms with Crippen LogP contribution in [-0.4, -0.2) is 26.8 Å². The molecule has 0 bridgehead atoms. The monoisotopic (exact) mass is 307 g/mol. The van der Waals surface area contributed by atoms with Crippen LogP contribution in [0.5, 0.6) is 5.75 Å². The first-order chi connectivity index (χ1) is 9.95. The molecule has 0 aliphatic carbocycles. The number of nitrogens with two attached hydrogens (primary N) is 1. The number of hydrogen-bond donors (Lipinski definition) is 2. The van der Waals surface area contributed by atoms with Crippen LogP contribution in [0.3, 0.4) is 0 Å². The average Bonchev–Trinajstić information content (AvgIpc) is 2.48. The summed E-state index contributed by atoms with van der Waals surface area (Å²) in [5.41, 5.74) is 4.36. The molecule has 1 aromatic heterocycles. The number of ether oxygens (including phenoxy) is 1. The van der Waals surface area contributed by atoms with Crippen LogP contribution in [0.15, 0.2) is 47.6 Å². The molecule has 1 aromatic carbocycles. The highest BCUT2D eigenvalue weighted by Crippen LogP contribution is 2.24. The van der Waals surface area contributed by atoms with Gasteiger partial charge in [-0.25, -0.2) is 13.8 Å². The zero-order valence-corrected chi connectivity index (χ0v) is 12.6. The molecule has 0 aliphatic heterocycles. The van der Waals surface area contributed by atoms with E-state index in [1.807, 2.05) is 6.07 Å². The summed E-state index contributed by atoms with van der Waals surface area (Å²) in [6, 6.07) is 8.08. The van der Waals surface area contributed by atoms with E-state index in [2.05, 4.69) is 10.4 Å². The minimum atomic E-state index is -3.21. The normalized spacial score (nSPS) is 12.9. The SMILES string of the molecule is COc1cncc(C(NN)c2ccc(S(C)(=O)=O)cc2)c1. The quantitative estimate of drug-likeness (QED) is 0.633. The molecule has 1 atom stereocenters. The fourth-order valence-corrected chi connectivity index (χ4v) is 2.63. The van der Waals surface area contributed by atoms with Crippen molar-refractivity contribution in [3.63, 3.8) is 0 Å². The third kappa shape index (κ3) is 3.57. The van der Waals surface area contributed by atoms with Crippen LogP contribution in [-0.2, 0) is 9.84 Å². The third-order valence-electron chi connectivity index (χ3n) is 3.11. The van der Waals surface area contributed by atoms with E-state index < -0.39 is 9.84 Å². The van der Waals surface area contributed by atoms with E-state index in [1.165, 1.54) is 6.26 Å². The van der Waals surface area contributed by atoms with Gasteiger partial charge in [0.1, 0.15) is 5.75 Å². The van der Waals surface area contributed by atoms with Crippen LogP contribution in [0, 0.1) is 0 Å². The van der Waals surface area contributed by atoms with Gasteiger partial charge in [-0.2, -0.15) is 0 Å². The second-order valence-corrected chi connectivity index (χ2v) is 6.61. The first-order valence-electron chi connectivity index (χ1n) is 6.21. The highest BCUT2D eigenvalue weighted by Gasteiger charge is 2.15. The Morgan fingerprint density at radius 2 is 1.86 bits per heavy atom. The predicted octanol–water partition coefficient (Wildman–Crippen LogP) is 1.05. The van der Waals surface area contributed by atoms with Gasteiger partial charge >= 0.3 is 0 Å². The van der Waals surface area contributed by atoms with Gasteiger partial charge in [0, 0.05) is 12.5 Å². The highest BCUT2D eigenvalue weighted by atomic mass is 32.2. The number of rotatable bonds is 5. The molecule has 2 aromatic rings. The van der Waals surface area contributed by atoms with Crippen molar-refractivity contribution in [3.8, 4) is 5.75 Å². The number of nitrogens with one attached hydrogen (secondary N) is 1. The van der Waals surface area contributed by atoms with Crippen molar-refractivity contribution in [3.05, 3.63) is 53.9 Å².